The predicted octanol–water partition coefficient (Wildman–Crippen LogP) is 0.686. The van der Waals surface area contributed by atoms with Crippen molar-refractivity contribution >= 4 is 5.97 Å². The zero-order valence-corrected chi connectivity index (χ0v) is 11.1. The minimum atomic E-state index is -0.708. The first kappa shape index (κ1) is 15.4. The lowest BCUT2D eigenvalue weighted by Crippen LogP contribution is -2.34. The van der Waals surface area contributed by atoms with Gasteiger partial charge < -0.3 is 24.7 Å². The molecule has 1 aromatic rings. The van der Waals surface area contributed by atoms with E-state index in [1.54, 1.807) is 19.2 Å². The van der Waals surface area contributed by atoms with Gasteiger partial charge in [-0.15, -0.1) is 0 Å². The Morgan fingerprint density at radius 2 is 1.79 bits per heavy atom. The van der Waals surface area contributed by atoms with Gasteiger partial charge in [0, 0.05) is 14.2 Å². The van der Waals surface area contributed by atoms with Crippen LogP contribution in [0.4, 0.5) is 0 Å². The van der Waals surface area contributed by atoms with Gasteiger partial charge in [-0.25, -0.2) is 0 Å². The van der Waals surface area contributed by atoms with E-state index in [1.807, 2.05) is 12.1 Å². The minimum Gasteiger partial charge on any atom is -0.468 e. The van der Waals surface area contributed by atoms with Crippen LogP contribution in [-0.4, -0.2) is 39.8 Å². The third-order valence-electron chi connectivity index (χ3n) is 2.34. The topological polar surface area (TPSA) is 80.0 Å². The molecule has 1 rings (SSSR count). The van der Waals surface area contributed by atoms with Gasteiger partial charge >= 0.3 is 5.97 Å². The standard InChI is InChI=1S/C13H19NO5/c1-16-8-18-11-5-3-10(4-6-11)7-12(14)13(15)19-9-17-2/h3-6,12H,7-9,14H2,1-2H3/t12-/m0/s1. The molecule has 0 saturated heterocycles. The molecule has 0 radical (unpaired) electrons. The molecule has 0 amide bonds. The van der Waals surface area contributed by atoms with Crippen LogP contribution in [0.1, 0.15) is 5.56 Å². The average Bonchev–Trinajstić information content (AvgIpc) is 2.43. The van der Waals surface area contributed by atoms with Crippen LogP contribution in [0.15, 0.2) is 24.3 Å². The summed E-state index contributed by atoms with van der Waals surface area (Å²) in [6.07, 6.45) is 0.396. The van der Waals surface area contributed by atoms with E-state index in [9.17, 15) is 4.79 Å². The molecule has 0 spiro atoms. The van der Waals surface area contributed by atoms with E-state index in [-0.39, 0.29) is 13.6 Å². The molecule has 0 aliphatic rings. The third kappa shape index (κ3) is 5.69. The molecular weight excluding hydrogens is 250 g/mol. The smallest absolute Gasteiger partial charge is 0.325 e. The van der Waals surface area contributed by atoms with Crippen LogP contribution < -0.4 is 10.5 Å². The van der Waals surface area contributed by atoms with Gasteiger partial charge in [-0.1, -0.05) is 12.1 Å². The Morgan fingerprint density at radius 1 is 1.16 bits per heavy atom. The van der Waals surface area contributed by atoms with E-state index in [4.69, 9.17) is 19.9 Å². The number of rotatable bonds is 8. The van der Waals surface area contributed by atoms with Gasteiger partial charge in [0.15, 0.2) is 13.6 Å². The van der Waals surface area contributed by atoms with Gasteiger partial charge in [-0.2, -0.15) is 0 Å². The summed E-state index contributed by atoms with van der Waals surface area (Å²) in [6.45, 7) is 0.110. The summed E-state index contributed by atoms with van der Waals surface area (Å²) < 4.78 is 19.5. The molecule has 1 aromatic carbocycles. The molecule has 0 unspecified atom stereocenters. The molecule has 0 heterocycles. The van der Waals surface area contributed by atoms with Crippen LogP contribution in [0.2, 0.25) is 0 Å². The maximum Gasteiger partial charge on any atom is 0.325 e. The van der Waals surface area contributed by atoms with E-state index in [2.05, 4.69) is 4.74 Å². The summed E-state index contributed by atoms with van der Waals surface area (Å²) in [6, 6.07) is 6.56. The number of ether oxygens (including phenoxy) is 4. The van der Waals surface area contributed by atoms with Crippen LogP contribution in [-0.2, 0) is 25.4 Å². The lowest BCUT2D eigenvalue weighted by atomic mass is 10.1. The molecule has 0 aliphatic heterocycles. The molecule has 0 aliphatic carbocycles. The van der Waals surface area contributed by atoms with Gasteiger partial charge in [0.2, 0.25) is 0 Å². The van der Waals surface area contributed by atoms with Crippen molar-refractivity contribution in [3.8, 4) is 5.75 Å². The second-order valence-electron chi connectivity index (χ2n) is 3.88. The number of benzene rings is 1. The molecule has 2 N–H and O–H groups in total. The van der Waals surface area contributed by atoms with E-state index < -0.39 is 12.0 Å². The van der Waals surface area contributed by atoms with E-state index in [0.717, 1.165) is 5.56 Å². The lowest BCUT2D eigenvalue weighted by Gasteiger charge is -2.11. The highest BCUT2D eigenvalue weighted by Gasteiger charge is 2.15. The molecule has 0 saturated carbocycles. The molecule has 0 fully saturated rings. The fourth-order valence-electron chi connectivity index (χ4n) is 1.41. The monoisotopic (exact) mass is 269 g/mol. The van der Waals surface area contributed by atoms with Gasteiger partial charge in [-0.05, 0) is 24.1 Å². The Hall–Kier alpha value is -1.63. The lowest BCUT2D eigenvalue weighted by molar-refractivity contribution is -0.155. The number of carbonyl (C=O) groups is 1. The van der Waals surface area contributed by atoms with Crippen LogP contribution in [0.5, 0.6) is 5.75 Å². The number of hydrogen-bond donors (Lipinski definition) is 1. The number of hydrogen-bond acceptors (Lipinski definition) is 6. The highest BCUT2D eigenvalue weighted by molar-refractivity contribution is 5.75. The Bertz CT molecular complexity index is 379. The molecule has 0 bridgehead atoms. The number of methoxy groups -OCH3 is 2. The van der Waals surface area contributed by atoms with Crippen molar-refractivity contribution in [2.24, 2.45) is 5.73 Å². The molecule has 1 atom stereocenters. The van der Waals surface area contributed by atoms with E-state index in [0.29, 0.717) is 12.2 Å². The molecular formula is C13H19NO5. The zero-order chi connectivity index (χ0) is 14.1. The Kier molecular flexibility index (Phi) is 6.88. The van der Waals surface area contributed by atoms with E-state index in [1.165, 1.54) is 7.11 Å². The molecule has 6 heteroatoms. The van der Waals surface area contributed by atoms with Crippen molar-refractivity contribution in [2.45, 2.75) is 12.5 Å². The van der Waals surface area contributed by atoms with Crippen molar-refractivity contribution < 1.29 is 23.7 Å². The largest absolute Gasteiger partial charge is 0.468 e. The Balaban J connectivity index is 2.45. The fraction of sp³-hybridized carbons (Fsp3) is 0.462. The minimum absolute atomic E-state index is 0.0870. The van der Waals surface area contributed by atoms with E-state index >= 15 is 0 Å². The first-order chi connectivity index (χ1) is 9.17. The van der Waals surface area contributed by atoms with Crippen molar-refractivity contribution in [2.75, 3.05) is 27.8 Å². The van der Waals surface area contributed by atoms with Crippen LogP contribution in [0, 0.1) is 0 Å². The Labute approximate surface area is 112 Å². The van der Waals surface area contributed by atoms with Crippen LogP contribution >= 0.6 is 0 Å². The van der Waals surface area contributed by atoms with Crippen molar-refractivity contribution in [3.63, 3.8) is 0 Å². The SMILES string of the molecule is COCOC(=O)[C@@H](N)Cc1ccc(OCOC)cc1. The van der Waals surface area contributed by atoms with Crippen molar-refractivity contribution in [1.82, 2.24) is 0 Å². The second kappa shape index (κ2) is 8.47. The van der Waals surface area contributed by atoms with Gasteiger partial charge in [-0.3, -0.25) is 4.79 Å². The van der Waals surface area contributed by atoms with Gasteiger partial charge in [0.25, 0.3) is 0 Å². The highest BCUT2D eigenvalue weighted by Crippen LogP contribution is 2.13. The number of esters is 1. The molecule has 106 valence electrons. The first-order valence-corrected chi connectivity index (χ1v) is 5.79. The first-order valence-electron chi connectivity index (χ1n) is 5.79. The van der Waals surface area contributed by atoms with Gasteiger partial charge in [0.1, 0.15) is 11.8 Å². The second-order valence-corrected chi connectivity index (χ2v) is 3.88. The quantitative estimate of drug-likeness (QED) is 0.552. The molecule has 0 aromatic heterocycles. The van der Waals surface area contributed by atoms with Gasteiger partial charge in [0.05, 0.1) is 0 Å². The normalized spacial score (nSPS) is 11.9. The molecule has 6 nitrogen and oxygen atoms in total. The highest BCUT2D eigenvalue weighted by atomic mass is 16.7. The van der Waals surface area contributed by atoms with Crippen LogP contribution in [0.3, 0.4) is 0 Å². The number of nitrogens with two attached hydrogens (primary N) is 1. The van der Waals surface area contributed by atoms with Crippen molar-refractivity contribution in [3.05, 3.63) is 29.8 Å². The maximum atomic E-state index is 11.4. The average molecular weight is 269 g/mol. The fourth-order valence-corrected chi connectivity index (χ4v) is 1.41. The summed E-state index contributed by atoms with van der Waals surface area (Å²) in [5.74, 6) is 0.211. The zero-order valence-electron chi connectivity index (χ0n) is 11.1. The number of carbonyl (C=O) groups excluding carboxylic acids is 1. The summed E-state index contributed by atoms with van der Waals surface area (Å²) in [5.41, 5.74) is 6.65. The molecule has 19 heavy (non-hydrogen) atoms. The summed E-state index contributed by atoms with van der Waals surface area (Å²) >= 11 is 0. The summed E-state index contributed by atoms with van der Waals surface area (Å²) in [7, 11) is 3.00. The summed E-state index contributed by atoms with van der Waals surface area (Å²) in [4.78, 5) is 11.4. The third-order valence-corrected chi connectivity index (χ3v) is 2.34. The predicted molar refractivity (Wildman–Crippen MR) is 68.6 cm³/mol. The van der Waals surface area contributed by atoms with Crippen LogP contribution in [0.25, 0.3) is 0 Å². The van der Waals surface area contributed by atoms with Crippen molar-refractivity contribution in [1.29, 1.82) is 0 Å². The Morgan fingerprint density at radius 3 is 2.37 bits per heavy atom. The summed E-state index contributed by atoms with van der Waals surface area (Å²) in [5, 5.41) is 0. The maximum absolute atomic E-state index is 11.4.